The molecule has 0 fully saturated rings. The topological polar surface area (TPSA) is 104 Å². The van der Waals surface area contributed by atoms with E-state index in [4.69, 9.17) is 46.1 Å². The monoisotopic (exact) mass is 792 g/mol. The van der Waals surface area contributed by atoms with E-state index in [-0.39, 0.29) is 0 Å². The first-order valence-corrected chi connectivity index (χ1v) is 20.1. The molecule has 0 spiro atoms. The lowest BCUT2D eigenvalue weighted by molar-refractivity contribution is 0.766. The molecule has 8 aromatic carbocycles. The van der Waals surface area contributed by atoms with Crippen LogP contribution in [0.25, 0.3) is 22.3 Å². The largest absolute Gasteiger partial charge is 0.399 e. The van der Waals surface area contributed by atoms with Gasteiger partial charge in [-0.05, 0) is 128 Å². The van der Waals surface area contributed by atoms with Crippen molar-refractivity contribution in [3.63, 3.8) is 0 Å². The average Bonchev–Trinajstić information content (AvgIpc) is 3.71. The third-order valence-electron chi connectivity index (χ3n) is 12.2. The van der Waals surface area contributed by atoms with Crippen LogP contribution in [0.3, 0.4) is 0 Å². The zero-order chi connectivity index (χ0) is 40.3. The molecular weight excluding hydrogens is 752 g/mol. The van der Waals surface area contributed by atoms with Crippen molar-refractivity contribution in [2.45, 2.75) is 24.7 Å². The SMILES string of the molecule is Cc1cc(C2(c3ccc(N)c(C)c3)c3ccccc3-c3ccccc32)ccc1N.Nc1ccc(C2(c3ccc(N)c(Cl)c3)c3ccccc3-c3ccccc32)cc1Cl. The summed E-state index contributed by atoms with van der Waals surface area (Å²) in [6, 6.07) is 59.0. The van der Waals surface area contributed by atoms with Crippen LogP contribution in [0.1, 0.15) is 55.6 Å². The van der Waals surface area contributed by atoms with E-state index in [1.54, 1.807) is 0 Å². The molecule has 0 saturated carbocycles. The number of benzene rings is 8. The fourth-order valence-corrected chi connectivity index (χ4v) is 9.75. The molecule has 10 rings (SSSR count). The Morgan fingerprint density at radius 2 is 0.586 bits per heavy atom. The molecule has 0 unspecified atom stereocenters. The van der Waals surface area contributed by atoms with Gasteiger partial charge in [-0.3, -0.25) is 0 Å². The quantitative estimate of drug-likeness (QED) is 0.133. The summed E-state index contributed by atoms with van der Waals surface area (Å²) in [7, 11) is 0. The molecule has 0 bridgehead atoms. The molecule has 0 saturated heterocycles. The number of halogens is 2. The lowest BCUT2D eigenvalue weighted by Crippen LogP contribution is -2.29. The van der Waals surface area contributed by atoms with Gasteiger partial charge in [0.2, 0.25) is 0 Å². The van der Waals surface area contributed by atoms with Crippen LogP contribution < -0.4 is 22.9 Å². The van der Waals surface area contributed by atoms with E-state index in [2.05, 4.69) is 135 Å². The average molecular weight is 794 g/mol. The molecule has 6 heteroatoms. The number of hydrogen-bond donors (Lipinski definition) is 4. The standard InChI is InChI=1S/C27H24N2.C25H18Cl2N2/c1-17-15-19(11-13-25(17)28)27(20-12-14-26(29)18(2)16-20)23-9-5-3-7-21(23)22-8-4-6-10-24(22)27;26-21-13-15(9-11-23(21)28)25(16-10-12-24(29)22(27)14-16)19-7-3-1-5-17(19)18-6-2-4-8-20(18)25/h3-16H,28-29H2,1-2H3;1-14H,28-29H2. The summed E-state index contributed by atoms with van der Waals surface area (Å²) in [6.45, 7) is 4.15. The van der Waals surface area contributed by atoms with Crippen molar-refractivity contribution < 1.29 is 0 Å². The zero-order valence-electron chi connectivity index (χ0n) is 32.2. The van der Waals surface area contributed by atoms with Crippen LogP contribution in [0, 0.1) is 13.8 Å². The van der Waals surface area contributed by atoms with Crippen LogP contribution in [0.5, 0.6) is 0 Å². The lowest BCUT2D eigenvalue weighted by Gasteiger charge is -2.34. The third kappa shape index (κ3) is 5.51. The fraction of sp³-hybridized carbons (Fsp3) is 0.0769. The van der Waals surface area contributed by atoms with Gasteiger partial charge in [-0.2, -0.15) is 0 Å². The summed E-state index contributed by atoms with van der Waals surface area (Å²) in [5.41, 5.74) is 42.9. The van der Waals surface area contributed by atoms with Crippen molar-refractivity contribution in [3.8, 4) is 22.3 Å². The highest BCUT2D eigenvalue weighted by Gasteiger charge is 2.47. The Labute approximate surface area is 349 Å². The molecule has 0 aromatic heterocycles. The molecule has 58 heavy (non-hydrogen) atoms. The number of aryl methyl sites for hydroxylation is 2. The van der Waals surface area contributed by atoms with Gasteiger partial charge in [0, 0.05) is 11.4 Å². The van der Waals surface area contributed by atoms with Crippen LogP contribution in [-0.4, -0.2) is 0 Å². The number of rotatable bonds is 4. The molecule has 284 valence electrons. The maximum atomic E-state index is 6.48. The molecule has 0 aliphatic heterocycles. The Morgan fingerprint density at radius 1 is 0.328 bits per heavy atom. The van der Waals surface area contributed by atoms with E-state index in [9.17, 15) is 0 Å². The summed E-state index contributed by atoms with van der Waals surface area (Å²) in [5, 5.41) is 1.07. The van der Waals surface area contributed by atoms with Gasteiger partial charge in [-0.1, -0.05) is 157 Å². The van der Waals surface area contributed by atoms with Crippen LogP contribution in [0.4, 0.5) is 22.7 Å². The van der Waals surface area contributed by atoms with Gasteiger partial charge < -0.3 is 22.9 Å². The van der Waals surface area contributed by atoms with E-state index in [1.807, 2.05) is 48.5 Å². The minimum absolute atomic E-state index is 0.399. The van der Waals surface area contributed by atoms with Gasteiger partial charge in [-0.25, -0.2) is 0 Å². The summed E-state index contributed by atoms with van der Waals surface area (Å²) in [4.78, 5) is 0. The van der Waals surface area contributed by atoms with E-state index in [0.29, 0.717) is 21.4 Å². The highest BCUT2D eigenvalue weighted by molar-refractivity contribution is 6.33. The lowest BCUT2D eigenvalue weighted by atomic mass is 9.67. The molecule has 0 amide bonds. The molecule has 0 atom stereocenters. The number of nitrogen functional groups attached to an aromatic ring is 4. The van der Waals surface area contributed by atoms with Crippen molar-refractivity contribution in [2.24, 2.45) is 0 Å². The van der Waals surface area contributed by atoms with Gasteiger partial charge in [0.05, 0.1) is 32.3 Å². The first-order chi connectivity index (χ1) is 28.1. The Bertz CT molecular complexity index is 2520. The van der Waals surface area contributed by atoms with E-state index < -0.39 is 10.8 Å². The van der Waals surface area contributed by atoms with Gasteiger partial charge in [0.25, 0.3) is 0 Å². The molecular formula is C52H42Cl2N4. The second-order valence-corrected chi connectivity index (χ2v) is 16.1. The zero-order valence-corrected chi connectivity index (χ0v) is 33.7. The van der Waals surface area contributed by atoms with Crippen LogP contribution in [0.15, 0.2) is 170 Å². The van der Waals surface area contributed by atoms with Gasteiger partial charge >= 0.3 is 0 Å². The van der Waals surface area contributed by atoms with Gasteiger partial charge in [0.1, 0.15) is 0 Å². The smallest absolute Gasteiger partial charge is 0.0714 e. The Hall–Kier alpha value is -6.46. The maximum absolute atomic E-state index is 6.48. The summed E-state index contributed by atoms with van der Waals surface area (Å²) < 4.78 is 0. The van der Waals surface area contributed by atoms with Crippen LogP contribution >= 0.6 is 23.2 Å². The number of nitrogens with two attached hydrogens (primary N) is 4. The van der Waals surface area contributed by atoms with Gasteiger partial charge in [-0.15, -0.1) is 0 Å². The van der Waals surface area contributed by atoms with Gasteiger partial charge in [0.15, 0.2) is 0 Å². The third-order valence-corrected chi connectivity index (χ3v) is 12.8. The molecule has 8 N–H and O–H groups in total. The first-order valence-electron chi connectivity index (χ1n) is 19.3. The first kappa shape index (κ1) is 37.1. The van der Waals surface area contributed by atoms with Crippen LogP contribution in [-0.2, 0) is 10.8 Å². The molecule has 2 aliphatic rings. The Morgan fingerprint density at radius 3 is 0.862 bits per heavy atom. The number of hydrogen-bond acceptors (Lipinski definition) is 4. The predicted molar refractivity (Wildman–Crippen MR) is 245 cm³/mol. The molecule has 4 nitrogen and oxygen atoms in total. The van der Waals surface area contributed by atoms with Crippen molar-refractivity contribution in [1.82, 2.24) is 0 Å². The highest BCUT2D eigenvalue weighted by atomic mass is 35.5. The van der Waals surface area contributed by atoms with E-state index >= 15 is 0 Å². The number of anilines is 4. The summed E-state index contributed by atoms with van der Waals surface area (Å²) in [6.07, 6.45) is 0. The van der Waals surface area contributed by atoms with E-state index in [0.717, 1.165) is 33.6 Å². The summed E-state index contributed by atoms with van der Waals surface area (Å²) >= 11 is 13.0. The number of fused-ring (bicyclic) bond motifs is 6. The summed E-state index contributed by atoms with van der Waals surface area (Å²) in [5.74, 6) is 0. The van der Waals surface area contributed by atoms with Crippen molar-refractivity contribution in [1.29, 1.82) is 0 Å². The second-order valence-electron chi connectivity index (χ2n) is 15.3. The molecule has 0 radical (unpaired) electrons. The highest BCUT2D eigenvalue weighted by Crippen LogP contribution is 2.58. The van der Waals surface area contributed by atoms with Crippen molar-refractivity contribution in [2.75, 3.05) is 22.9 Å². The second kappa shape index (κ2) is 14.2. The maximum Gasteiger partial charge on any atom is 0.0714 e. The molecule has 0 heterocycles. The molecule has 2 aliphatic carbocycles. The van der Waals surface area contributed by atoms with Crippen molar-refractivity contribution in [3.05, 3.63) is 236 Å². The minimum Gasteiger partial charge on any atom is -0.399 e. The Balaban J connectivity index is 0.000000150. The predicted octanol–water partition coefficient (Wildman–Crippen LogP) is 12.4. The normalized spacial score (nSPS) is 13.7. The Kier molecular flexibility index (Phi) is 9.08. The molecule has 8 aromatic rings. The minimum atomic E-state index is -0.568. The van der Waals surface area contributed by atoms with E-state index in [1.165, 1.54) is 55.6 Å². The van der Waals surface area contributed by atoms with Crippen LogP contribution in [0.2, 0.25) is 10.0 Å². The van der Waals surface area contributed by atoms with Crippen molar-refractivity contribution >= 4 is 46.0 Å². The fourth-order valence-electron chi connectivity index (χ4n) is 9.39.